The van der Waals surface area contributed by atoms with Gasteiger partial charge in [0.15, 0.2) is 21.3 Å². The van der Waals surface area contributed by atoms with E-state index in [0.29, 0.717) is 24.6 Å². The molecule has 3 N–H and O–H groups in total. The Morgan fingerprint density at radius 3 is 2.30 bits per heavy atom. The first-order valence-electron chi connectivity index (χ1n) is 11.1. The van der Waals surface area contributed by atoms with Crippen LogP contribution in [0.5, 0.6) is 0 Å². The molecule has 4 rings (SSSR count). The highest BCUT2D eigenvalue weighted by Gasteiger charge is 2.38. The molecule has 2 aromatic heterocycles. The number of rotatable bonds is 3. The maximum Gasteiger partial charge on any atom is 0.490 e. The van der Waals surface area contributed by atoms with Crippen molar-refractivity contribution in [2.75, 3.05) is 25.1 Å². The molecular formula is C23H26F3N5O5S. The number of fused-ring (bicyclic) bond motifs is 1. The number of carbonyl (C=O) groups excluding carboxylic acids is 1. The fraction of sp³-hybridized carbons (Fsp3) is 0.391. The fourth-order valence-corrected chi connectivity index (χ4v) is 4.67. The van der Waals surface area contributed by atoms with E-state index in [1.165, 1.54) is 6.26 Å². The van der Waals surface area contributed by atoms with Crippen LogP contribution in [-0.4, -0.2) is 70.2 Å². The highest BCUT2D eigenvalue weighted by atomic mass is 32.2. The third kappa shape index (κ3) is 6.37. The minimum absolute atomic E-state index is 0.0921. The van der Waals surface area contributed by atoms with E-state index in [0.717, 1.165) is 35.4 Å². The van der Waals surface area contributed by atoms with Gasteiger partial charge in [0, 0.05) is 43.9 Å². The van der Waals surface area contributed by atoms with Crippen LogP contribution >= 0.6 is 0 Å². The number of sulfone groups is 1. The average molecular weight is 542 g/mol. The van der Waals surface area contributed by atoms with Crippen molar-refractivity contribution in [2.24, 2.45) is 0 Å². The second-order valence-corrected chi connectivity index (χ2v) is 10.7. The van der Waals surface area contributed by atoms with Crippen molar-refractivity contribution in [3.8, 4) is 11.3 Å². The monoisotopic (exact) mass is 541 g/mol. The summed E-state index contributed by atoms with van der Waals surface area (Å²) >= 11 is 0. The number of halogens is 3. The van der Waals surface area contributed by atoms with Gasteiger partial charge < -0.3 is 15.7 Å². The molecule has 3 aromatic rings. The Kier molecular flexibility index (Phi) is 7.81. The predicted molar refractivity (Wildman–Crippen MR) is 129 cm³/mol. The number of benzene rings is 1. The number of carbonyl (C=O) groups is 2. The highest BCUT2D eigenvalue weighted by Crippen LogP contribution is 2.32. The first-order chi connectivity index (χ1) is 17.1. The molecule has 1 aliphatic rings. The SMILES string of the molecule is CC(=O)N1CCC(c2cn3c(-c4cc(S(C)(=O)=O)ccc4C)cnc3c(N)n2)CC1.O=C(O)C(F)(F)F. The van der Waals surface area contributed by atoms with Crippen molar-refractivity contribution in [1.29, 1.82) is 0 Å². The van der Waals surface area contributed by atoms with Crippen LogP contribution in [0.25, 0.3) is 16.9 Å². The lowest BCUT2D eigenvalue weighted by atomic mass is 9.93. The molecule has 1 aliphatic heterocycles. The summed E-state index contributed by atoms with van der Waals surface area (Å²) in [4.78, 5) is 31.6. The number of nitrogens with two attached hydrogens (primary N) is 1. The zero-order valence-corrected chi connectivity index (χ0v) is 21.1. The topological polar surface area (TPSA) is 148 Å². The first kappa shape index (κ1) is 27.9. The molecule has 37 heavy (non-hydrogen) atoms. The van der Waals surface area contributed by atoms with Gasteiger partial charge in [-0.25, -0.2) is 23.2 Å². The van der Waals surface area contributed by atoms with Crippen LogP contribution in [-0.2, 0) is 19.4 Å². The summed E-state index contributed by atoms with van der Waals surface area (Å²) in [5, 5.41) is 7.12. The van der Waals surface area contributed by atoms with Gasteiger partial charge in [-0.15, -0.1) is 0 Å². The Labute approximate surface area is 210 Å². The molecule has 0 unspecified atom stereocenters. The van der Waals surface area contributed by atoms with Crippen LogP contribution in [0.1, 0.15) is 36.9 Å². The standard InChI is InChI=1S/C21H25N5O3S.C2HF3O2/c1-13-4-5-16(30(3,28)29)10-17(13)19-11-23-21-20(22)24-18(12-26(19)21)15-6-8-25(9-7-15)14(2)27;3-2(4,5)1(6)7/h4-5,10-12,15H,6-9H2,1-3H3,(H2,22,24);(H,6,7). The van der Waals surface area contributed by atoms with Crippen molar-refractivity contribution in [3.05, 3.63) is 41.9 Å². The van der Waals surface area contributed by atoms with Gasteiger partial charge in [0.25, 0.3) is 0 Å². The molecular weight excluding hydrogens is 515 g/mol. The number of alkyl halides is 3. The van der Waals surface area contributed by atoms with E-state index in [9.17, 15) is 26.4 Å². The van der Waals surface area contributed by atoms with Crippen LogP contribution in [0.15, 0.2) is 35.5 Å². The minimum atomic E-state index is -5.08. The van der Waals surface area contributed by atoms with E-state index >= 15 is 0 Å². The highest BCUT2D eigenvalue weighted by molar-refractivity contribution is 7.90. The molecule has 1 aromatic carbocycles. The van der Waals surface area contributed by atoms with Gasteiger partial charge in [0.05, 0.1) is 22.5 Å². The van der Waals surface area contributed by atoms with E-state index in [-0.39, 0.29) is 16.7 Å². The lowest BCUT2D eigenvalue weighted by Crippen LogP contribution is -2.36. The van der Waals surface area contributed by atoms with Gasteiger partial charge in [-0.05, 0) is 37.5 Å². The molecule has 10 nitrogen and oxygen atoms in total. The van der Waals surface area contributed by atoms with Gasteiger partial charge in [-0.2, -0.15) is 13.2 Å². The Hall–Kier alpha value is -3.68. The number of likely N-dealkylation sites (tertiary alicyclic amines) is 1. The number of hydrogen-bond acceptors (Lipinski definition) is 7. The lowest BCUT2D eigenvalue weighted by Gasteiger charge is -2.31. The van der Waals surface area contributed by atoms with E-state index in [1.54, 1.807) is 31.3 Å². The van der Waals surface area contributed by atoms with Crippen LogP contribution in [0.4, 0.5) is 19.0 Å². The van der Waals surface area contributed by atoms with Gasteiger partial charge in [-0.1, -0.05) is 6.07 Å². The number of carboxylic acids is 1. The minimum Gasteiger partial charge on any atom is -0.475 e. The van der Waals surface area contributed by atoms with E-state index in [1.807, 2.05) is 22.4 Å². The number of imidazole rings is 1. The second kappa shape index (κ2) is 10.4. The van der Waals surface area contributed by atoms with E-state index < -0.39 is 22.0 Å². The Morgan fingerprint density at radius 1 is 1.19 bits per heavy atom. The number of aromatic nitrogens is 3. The maximum absolute atomic E-state index is 12.0. The molecule has 0 bridgehead atoms. The molecule has 0 radical (unpaired) electrons. The van der Waals surface area contributed by atoms with Crippen molar-refractivity contribution >= 4 is 33.2 Å². The number of nitrogens with zero attached hydrogens (tertiary/aromatic N) is 4. The number of aliphatic carboxylic acids is 1. The molecule has 0 aliphatic carbocycles. The molecule has 200 valence electrons. The zero-order valence-electron chi connectivity index (χ0n) is 20.3. The average Bonchev–Trinajstić information content (AvgIpc) is 3.23. The van der Waals surface area contributed by atoms with Gasteiger partial charge in [0.1, 0.15) is 0 Å². The molecule has 1 amide bonds. The largest absolute Gasteiger partial charge is 0.490 e. The van der Waals surface area contributed by atoms with Crippen LogP contribution in [0.2, 0.25) is 0 Å². The molecule has 0 saturated carbocycles. The molecule has 3 heterocycles. The molecule has 14 heteroatoms. The summed E-state index contributed by atoms with van der Waals surface area (Å²) in [6.45, 7) is 4.93. The number of piperidine rings is 1. The molecule has 1 fully saturated rings. The van der Waals surface area contributed by atoms with Crippen LogP contribution in [0, 0.1) is 6.92 Å². The van der Waals surface area contributed by atoms with Crippen molar-refractivity contribution in [1.82, 2.24) is 19.3 Å². The molecule has 0 spiro atoms. The number of carboxylic acid groups (broad SMARTS) is 1. The smallest absolute Gasteiger partial charge is 0.475 e. The van der Waals surface area contributed by atoms with Gasteiger partial charge in [-0.3, -0.25) is 9.20 Å². The van der Waals surface area contributed by atoms with Gasteiger partial charge >= 0.3 is 12.1 Å². The number of anilines is 1. The quantitative estimate of drug-likeness (QED) is 0.514. The number of hydrogen-bond donors (Lipinski definition) is 2. The summed E-state index contributed by atoms with van der Waals surface area (Å²) in [5.41, 5.74) is 10.1. The molecule has 0 atom stereocenters. The van der Waals surface area contributed by atoms with Crippen LogP contribution < -0.4 is 5.73 Å². The summed E-state index contributed by atoms with van der Waals surface area (Å²) in [5.74, 6) is -2.13. The van der Waals surface area contributed by atoms with Crippen molar-refractivity contribution < 1.29 is 36.3 Å². The Balaban J connectivity index is 0.000000479. The third-order valence-electron chi connectivity index (χ3n) is 6.05. The van der Waals surface area contributed by atoms with Crippen molar-refractivity contribution in [3.63, 3.8) is 0 Å². The van der Waals surface area contributed by atoms with Gasteiger partial charge in [0.2, 0.25) is 5.91 Å². The second-order valence-electron chi connectivity index (χ2n) is 8.72. The number of aryl methyl sites for hydroxylation is 1. The first-order valence-corrected chi connectivity index (χ1v) is 13.0. The maximum atomic E-state index is 12.0. The van der Waals surface area contributed by atoms with Crippen LogP contribution in [0.3, 0.4) is 0 Å². The summed E-state index contributed by atoms with van der Waals surface area (Å²) in [7, 11) is -3.33. The van der Waals surface area contributed by atoms with E-state index in [2.05, 4.69) is 9.97 Å². The summed E-state index contributed by atoms with van der Waals surface area (Å²) < 4.78 is 57.7. The van der Waals surface area contributed by atoms with E-state index in [4.69, 9.17) is 15.6 Å². The lowest BCUT2D eigenvalue weighted by molar-refractivity contribution is -0.192. The fourth-order valence-electron chi connectivity index (χ4n) is 4.03. The normalized spacial score (nSPS) is 14.8. The van der Waals surface area contributed by atoms with Crippen molar-refractivity contribution in [2.45, 2.75) is 43.7 Å². The number of amides is 1. The zero-order chi connectivity index (χ0) is 27.7. The Morgan fingerprint density at radius 2 is 1.78 bits per heavy atom. The predicted octanol–water partition coefficient (Wildman–Crippen LogP) is 3.05. The Bertz CT molecular complexity index is 1440. The third-order valence-corrected chi connectivity index (χ3v) is 7.16. The number of nitrogen functional groups attached to an aromatic ring is 1. The molecule has 1 saturated heterocycles. The summed E-state index contributed by atoms with van der Waals surface area (Å²) in [6.07, 6.45) is 1.40. The summed E-state index contributed by atoms with van der Waals surface area (Å²) in [6, 6.07) is 5.09.